The van der Waals surface area contributed by atoms with Crippen LogP contribution in [0.15, 0.2) is 54.6 Å². The van der Waals surface area contributed by atoms with Crippen molar-refractivity contribution in [3.05, 3.63) is 71.3 Å². The Kier molecular flexibility index (Phi) is 6.39. The molecule has 28 heavy (non-hydrogen) atoms. The van der Waals surface area contributed by atoms with Crippen LogP contribution >= 0.6 is 0 Å². The molecule has 3 nitrogen and oxygen atoms in total. The van der Waals surface area contributed by atoms with Crippen LogP contribution in [0.3, 0.4) is 0 Å². The lowest BCUT2D eigenvalue weighted by Gasteiger charge is -2.31. The van der Waals surface area contributed by atoms with E-state index < -0.39 is 23.8 Å². The van der Waals surface area contributed by atoms with Crippen LogP contribution in [0.4, 0.5) is 13.2 Å². The largest absolute Gasteiger partial charge is 0.480 e. The topological polar surface area (TPSA) is 49.3 Å². The Hall–Kier alpha value is -2.34. The van der Waals surface area contributed by atoms with Gasteiger partial charge in [0.1, 0.15) is 6.04 Å². The van der Waals surface area contributed by atoms with Crippen molar-refractivity contribution < 1.29 is 23.1 Å². The van der Waals surface area contributed by atoms with Gasteiger partial charge in [0.05, 0.1) is 5.56 Å². The number of hydrogen-bond acceptors (Lipinski definition) is 2. The first-order chi connectivity index (χ1) is 13.3. The fourth-order valence-corrected chi connectivity index (χ4v) is 3.91. The van der Waals surface area contributed by atoms with E-state index in [2.05, 4.69) is 5.32 Å². The number of benzene rings is 2. The molecular weight excluding hydrogens is 367 g/mol. The second-order valence-corrected chi connectivity index (χ2v) is 7.42. The molecule has 1 atom stereocenters. The van der Waals surface area contributed by atoms with Crippen molar-refractivity contribution in [2.24, 2.45) is 0 Å². The molecule has 1 saturated carbocycles. The summed E-state index contributed by atoms with van der Waals surface area (Å²) in [5, 5.41) is 12.8. The minimum absolute atomic E-state index is 0.0619. The first kappa shape index (κ1) is 20.4. The summed E-state index contributed by atoms with van der Waals surface area (Å²) in [6.07, 6.45) is -0.934. The second-order valence-electron chi connectivity index (χ2n) is 7.42. The third kappa shape index (κ3) is 5.35. The van der Waals surface area contributed by atoms with E-state index in [1.807, 2.05) is 30.3 Å². The molecule has 6 heteroatoms. The van der Waals surface area contributed by atoms with Crippen molar-refractivity contribution in [2.75, 3.05) is 0 Å². The Labute approximate surface area is 162 Å². The Morgan fingerprint density at radius 2 is 1.71 bits per heavy atom. The van der Waals surface area contributed by atoms with E-state index in [0.29, 0.717) is 12.0 Å². The van der Waals surface area contributed by atoms with E-state index in [-0.39, 0.29) is 12.0 Å². The summed E-state index contributed by atoms with van der Waals surface area (Å²) in [5.74, 6) is -0.804. The summed E-state index contributed by atoms with van der Waals surface area (Å²) in [5.41, 5.74) is 1.06. The van der Waals surface area contributed by atoms with Crippen molar-refractivity contribution in [2.45, 2.75) is 56.3 Å². The van der Waals surface area contributed by atoms with Crippen LogP contribution in [0, 0.1) is 0 Å². The molecule has 0 aliphatic heterocycles. The second kappa shape index (κ2) is 8.78. The van der Waals surface area contributed by atoms with Gasteiger partial charge in [-0.1, -0.05) is 48.5 Å². The zero-order valence-corrected chi connectivity index (χ0v) is 15.5. The number of carboxylic acids is 1. The fourth-order valence-electron chi connectivity index (χ4n) is 3.91. The summed E-state index contributed by atoms with van der Waals surface area (Å²) >= 11 is 0. The molecule has 0 unspecified atom stereocenters. The number of aliphatic carboxylic acids is 1. The SMILES string of the molecule is O=C(O)[C@@H](Cc1ccccc1)NC1CCC(c2cccc(C(F)(F)F)c2)CC1. The van der Waals surface area contributed by atoms with Crippen molar-refractivity contribution in [1.82, 2.24) is 5.32 Å². The van der Waals surface area contributed by atoms with E-state index in [1.54, 1.807) is 6.07 Å². The molecule has 2 N–H and O–H groups in total. The van der Waals surface area contributed by atoms with Crippen molar-refractivity contribution in [3.8, 4) is 0 Å². The molecule has 0 heterocycles. The number of halogens is 3. The van der Waals surface area contributed by atoms with Gasteiger partial charge in [-0.15, -0.1) is 0 Å². The third-order valence-corrected chi connectivity index (χ3v) is 5.43. The van der Waals surface area contributed by atoms with E-state index in [9.17, 15) is 23.1 Å². The zero-order chi connectivity index (χ0) is 20.1. The maximum absolute atomic E-state index is 12.9. The first-order valence-electron chi connectivity index (χ1n) is 9.53. The Balaban J connectivity index is 1.58. The Morgan fingerprint density at radius 1 is 1.04 bits per heavy atom. The van der Waals surface area contributed by atoms with Crippen LogP contribution in [0.5, 0.6) is 0 Å². The Morgan fingerprint density at radius 3 is 2.32 bits per heavy atom. The monoisotopic (exact) mass is 391 g/mol. The predicted octanol–water partition coefficient (Wildman–Crippen LogP) is 5.02. The molecule has 150 valence electrons. The molecule has 3 rings (SSSR count). The van der Waals surface area contributed by atoms with Crippen LogP contribution in [-0.2, 0) is 17.4 Å². The number of nitrogens with one attached hydrogen (secondary N) is 1. The van der Waals surface area contributed by atoms with Crippen molar-refractivity contribution in [1.29, 1.82) is 0 Å². The minimum Gasteiger partial charge on any atom is -0.480 e. The summed E-state index contributed by atoms with van der Waals surface area (Å²) in [6.45, 7) is 0. The molecule has 2 aromatic carbocycles. The summed E-state index contributed by atoms with van der Waals surface area (Å²) in [4.78, 5) is 11.6. The van der Waals surface area contributed by atoms with E-state index in [4.69, 9.17) is 0 Å². The molecular formula is C22H24F3NO2. The quantitative estimate of drug-likeness (QED) is 0.727. The molecule has 0 spiro atoms. The average Bonchev–Trinajstić information content (AvgIpc) is 2.68. The standard InChI is InChI=1S/C22H24F3NO2/c23-22(24,25)18-8-4-7-17(14-18)16-9-11-19(12-10-16)26-20(21(27)28)13-15-5-2-1-3-6-15/h1-8,14,16,19-20,26H,9-13H2,(H,27,28)/t16?,19?,20-/m1/s1. The van der Waals surface area contributed by atoms with Gasteiger partial charge >= 0.3 is 12.1 Å². The molecule has 0 amide bonds. The molecule has 0 radical (unpaired) electrons. The zero-order valence-electron chi connectivity index (χ0n) is 15.5. The molecule has 0 aromatic heterocycles. The fraction of sp³-hybridized carbons (Fsp3) is 0.409. The molecule has 1 aliphatic rings. The van der Waals surface area contributed by atoms with E-state index in [1.165, 1.54) is 12.1 Å². The van der Waals surface area contributed by atoms with Gasteiger partial charge in [-0.05, 0) is 55.2 Å². The molecule has 1 fully saturated rings. The molecule has 1 aliphatic carbocycles. The van der Waals surface area contributed by atoms with Crippen LogP contribution in [-0.4, -0.2) is 23.2 Å². The normalized spacial score (nSPS) is 21.2. The highest BCUT2D eigenvalue weighted by atomic mass is 19.4. The van der Waals surface area contributed by atoms with Gasteiger partial charge in [-0.2, -0.15) is 13.2 Å². The van der Waals surface area contributed by atoms with Gasteiger partial charge in [0.15, 0.2) is 0 Å². The highest BCUT2D eigenvalue weighted by Gasteiger charge is 2.32. The maximum Gasteiger partial charge on any atom is 0.416 e. The van der Waals surface area contributed by atoms with Crippen LogP contribution < -0.4 is 5.32 Å². The smallest absolute Gasteiger partial charge is 0.416 e. The van der Waals surface area contributed by atoms with Gasteiger partial charge in [0.25, 0.3) is 0 Å². The maximum atomic E-state index is 12.9. The van der Waals surface area contributed by atoms with Crippen LogP contribution in [0.2, 0.25) is 0 Å². The third-order valence-electron chi connectivity index (χ3n) is 5.43. The molecule has 0 saturated heterocycles. The predicted molar refractivity (Wildman–Crippen MR) is 101 cm³/mol. The van der Waals surface area contributed by atoms with E-state index in [0.717, 1.165) is 37.3 Å². The van der Waals surface area contributed by atoms with Gasteiger partial charge in [-0.3, -0.25) is 4.79 Å². The van der Waals surface area contributed by atoms with Crippen LogP contribution in [0.25, 0.3) is 0 Å². The molecule has 0 bridgehead atoms. The highest BCUT2D eigenvalue weighted by Crippen LogP contribution is 2.36. The lowest BCUT2D eigenvalue weighted by atomic mass is 9.81. The first-order valence-corrected chi connectivity index (χ1v) is 9.53. The van der Waals surface area contributed by atoms with E-state index >= 15 is 0 Å². The lowest BCUT2D eigenvalue weighted by molar-refractivity contribution is -0.140. The Bertz CT molecular complexity index is 784. The van der Waals surface area contributed by atoms with Gasteiger partial charge in [-0.25, -0.2) is 0 Å². The number of alkyl halides is 3. The number of carbonyl (C=O) groups is 1. The summed E-state index contributed by atoms with van der Waals surface area (Å²) in [7, 11) is 0. The van der Waals surface area contributed by atoms with Crippen LogP contribution in [0.1, 0.15) is 48.3 Å². The highest BCUT2D eigenvalue weighted by molar-refractivity contribution is 5.74. The lowest BCUT2D eigenvalue weighted by Crippen LogP contribution is -2.45. The average molecular weight is 391 g/mol. The summed E-state index contributed by atoms with van der Waals surface area (Å²) in [6, 6.07) is 14.4. The number of carboxylic acid groups (broad SMARTS) is 1. The molecule has 2 aromatic rings. The van der Waals surface area contributed by atoms with Crippen molar-refractivity contribution in [3.63, 3.8) is 0 Å². The van der Waals surface area contributed by atoms with Gasteiger partial charge < -0.3 is 10.4 Å². The van der Waals surface area contributed by atoms with Gasteiger partial charge in [0.2, 0.25) is 0 Å². The van der Waals surface area contributed by atoms with Gasteiger partial charge in [0, 0.05) is 6.04 Å². The minimum atomic E-state index is -4.33. The number of hydrogen-bond donors (Lipinski definition) is 2. The number of rotatable bonds is 6. The summed E-state index contributed by atoms with van der Waals surface area (Å²) < 4.78 is 38.8. The van der Waals surface area contributed by atoms with Crippen molar-refractivity contribution >= 4 is 5.97 Å².